The predicted molar refractivity (Wildman–Crippen MR) is 127 cm³/mol. The van der Waals surface area contributed by atoms with Crippen LogP contribution in [0.15, 0.2) is 76.7 Å². The second-order valence-corrected chi connectivity index (χ2v) is 8.45. The summed E-state index contributed by atoms with van der Waals surface area (Å²) in [6.45, 7) is 1.81. The van der Waals surface area contributed by atoms with Crippen molar-refractivity contribution in [1.29, 1.82) is 0 Å². The maximum absolute atomic E-state index is 12.7. The van der Waals surface area contributed by atoms with Crippen molar-refractivity contribution in [2.24, 2.45) is 5.10 Å². The highest BCUT2D eigenvalue weighted by molar-refractivity contribution is 7.87. The summed E-state index contributed by atoms with van der Waals surface area (Å²) >= 11 is 0. The van der Waals surface area contributed by atoms with Gasteiger partial charge in [-0.05, 0) is 42.8 Å². The van der Waals surface area contributed by atoms with Crippen LogP contribution in [0.25, 0.3) is 0 Å². The highest BCUT2D eigenvalue weighted by atomic mass is 32.2. The number of carbonyl (C=O) groups excluding carboxylic acids is 1. The molecular weight excluding hydrogens is 496 g/mol. The minimum Gasteiger partial charge on any atom is -0.490 e. The molecule has 0 spiro atoms. The van der Waals surface area contributed by atoms with Gasteiger partial charge in [0.25, 0.3) is 17.3 Å². The second-order valence-electron chi connectivity index (χ2n) is 6.90. The van der Waals surface area contributed by atoms with E-state index in [-0.39, 0.29) is 29.4 Å². The Balaban J connectivity index is 1.80. The number of hydrazone groups is 1. The fourth-order valence-corrected chi connectivity index (χ4v) is 3.89. The van der Waals surface area contributed by atoms with Gasteiger partial charge >= 0.3 is 10.1 Å². The van der Waals surface area contributed by atoms with E-state index in [1.165, 1.54) is 54.7 Å². The van der Waals surface area contributed by atoms with Crippen LogP contribution in [0.3, 0.4) is 0 Å². The Labute approximate surface area is 204 Å². The average Bonchev–Trinajstić information content (AvgIpc) is 2.85. The van der Waals surface area contributed by atoms with Gasteiger partial charge in [0.05, 0.1) is 22.7 Å². The molecule has 0 saturated carbocycles. The van der Waals surface area contributed by atoms with Crippen molar-refractivity contribution >= 4 is 33.6 Å². The quantitative estimate of drug-likeness (QED) is 0.183. The smallest absolute Gasteiger partial charge is 0.339 e. The first-order valence-electron chi connectivity index (χ1n) is 10.1. The maximum atomic E-state index is 12.7. The summed E-state index contributed by atoms with van der Waals surface area (Å²) in [6.07, 6.45) is 1.22. The van der Waals surface area contributed by atoms with Crippen LogP contribution in [0.2, 0.25) is 0 Å². The number of hydrogen-bond donors (Lipinski definition) is 1. The molecule has 3 rings (SSSR count). The van der Waals surface area contributed by atoms with Crippen molar-refractivity contribution in [2.75, 3.05) is 6.61 Å². The molecule has 1 N–H and O–H groups in total. The summed E-state index contributed by atoms with van der Waals surface area (Å²) < 4.78 is 35.9. The van der Waals surface area contributed by atoms with E-state index in [1.807, 2.05) is 0 Å². The number of nitro groups is 2. The topological polar surface area (TPSA) is 180 Å². The summed E-state index contributed by atoms with van der Waals surface area (Å²) in [7, 11) is -4.42. The zero-order chi connectivity index (χ0) is 26.3. The number of ether oxygens (including phenoxy) is 1. The normalized spacial score (nSPS) is 11.1. The molecule has 0 atom stereocenters. The van der Waals surface area contributed by atoms with Crippen LogP contribution in [0, 0.1) is 20.2 Å². The number of nitro benzene ring substituents is 2. The lowest BCUT2D eigenvalue weighted by Crippen LogP contribution is -2.19. The minimum absolute atomic E-state index is 0.0282. The molecule has 14 heteroatoms. The Bertz CT molecular complexity index is 1460. The van der Waals surface area contributed by atoms with Gasteiger partial charge in [-0.1, -0.05) is 18.2 Å². The van der Waals surface area contributed by atoms with Crippen LogP contribution in [0.5, 0.6) is 11.5 Å². The third-order valence-electron chi connectivity index (χ3n) is 4.51. The SMILES string of the molecule is CCOc1cc(/C=N\NC(=O)c2ccccc2[N+](=O)[O-])ccc1OS(=O)(=O)c1cccc([N+](=O)[O-])c1. The zero-order valence-electron chi connectivity index (χ0n) is 18.6. The highest BCUT2D eigenvalue weighted by Crippen LogP contribution is 2.31. The summed E-state index contributed by atoms with van der Waals surface area (Å²) in [4.78, 5) is 32.5. The third-order valence-corrected chi connectivity index (χ3v) is 5.74. The van der Waals surface area contributed by atoms with E-state index >= 15 is 0 Å². The lowest BCUT2D eigenvalue weighted by atomic mass is 10.2. The first-order valence-corrected chi connectivity index (χ1v) is 11.6. The predicted octanol–water partition coefficient (Wildman–Crippen LogP) is 3.43. The van der Waals surface area contributed by atoms with Crippen LogP contribution >= 0.6 is 0 Å². The largest absolute Gasteiger partial charge is 0.490 e. The van der Waals surface area contributed by atoms with E-state index in [9.17, 15) is 33.4 Å². The van der Waals surface area contributed by atoms with Crippen molar-refractivity contribution in [2.45, 2.75) is 11.8 Å². The lowest BCUT2D eigenvalue weighted by Gasteiger charge is -2.12. The Kier molecular flexibility index (Phi) is 7.91. The number of rotatable bonds is 10. The molecule has 0 aliphatic heterocycles. The molecule has 0 bridgehead atoms. The molecule has 0 radical (unpaired) electrons. The summed E-state index contributed by atoms with van der Waals surface area (Å²) in [5, 5.41) is 25.8. The van der Waals surface area contributed by atoms with Gasteiger partial charge in [0.1, 0.15) is 10.5 Å². The van der Waals surface area contributed by atoms with Crippen molar-refractivity contribution in [3.63, 3.8) is 0 Å². The van der Waals surface area contributed by atoms with Crippen LogP contribution in [-0.2, 0) is 10.1 Å². The molecule has 0 aromatic heterocycles. The standard InChI is InChI=1S/C22H18N4O9S/c1-2-34-21-12-15(14-23-24-22(27)18-8-3-4-9-19(18)26(30)31)10-11-20(21)35-36(32,33)17-7-5-6-16(13-17)25(28)29/h3-14H,2H2,1H3,(H,24,27)/b23-14-. The Morgan fingerprint density at radius 1 is 1.00 bits per heavy atom. The summed E-state index contributed by atoms with van der Waals surface area (Å²) in [5.74, 6) is -0.948. The van der Waals surface area contributed by atoms with E-state index in [0.29, 0.717) is 5.56 Å². The molecule has 3 aromatic carbocycles. The molecular formula is C22H18N4O9S. The molecule has 0 heterocycles. The number of benzene rings is 3. The third kappa shape index (κ3) is 6.18. The van der Waals surface area contributed by atoms with Crippen molar-refractivity contribution in [3.8, 4) is 11.5 Å². The van der Waals surface area contributed by atoms with Crippen LogP contribution in [0.4, 0.5) is 11.4 Å². The van der Waals surface area contributed by atoms with Gasteiger partial charge in [0.2, 0.25) is 0 Å². The second kappa shape index (κ2) is 11.1. The minimum atomic E-state index is -4.42. The van der Waals surface area contributed by atoms with Crippen LogP contribution in [-0.4, -0.2) is 37.0 Å². The van der Waals surface area contributed by atoms with Gasteiger partial charge in [0, 0.05) is 18.2 Å². The first-order chi connectivity index (χ1) is 17.1. The first kappa shape index (κ1) is 25.8. The van der Waals surface area contributed by atoms with Gasteiger partial charge in [0.15, 0.2) is 11.5 Å². The van der Waals surface area contributed by atoms with E-state index in [4.69, 9.17) is 8.92 Å². The van der Waals surface area contributed by atoms with Crippen LogP contribution < -0.4 is 14.3 Å². The van der Waals surface area contributed by atoms with Crippen molar-refractivity contribution in [3.05, 3.63) is 98.1 Å². The fourth-order valence-electron chi connectivity index (χ4n) is 2.91. The number of non-ortho nitro benzene ring substituents is 1. The van der Waals surface area contributed by atoms with E-state index < -0.39 is 36.5 Å². The molecule has 3 aromatic rings. The highest BCUT2D eigenvalue weighted by Gasteiger charge is 2.22. The number of hydrogen-bond acceptors (Lipinski definition) is 10. The molecule has 0 aliphatic carbocycles. The van der Waals surface area contributed by atoms with Crippen LogP contribution in [0.1, 0.15) is 22.8 Å². The molecule has 13 nitrogen and oxygen atoms in total. The zero-order valence-corrected chi connectivity index (χ0v) is 19.4. The molecule has 186 valence electrons. The molecule has 0 unspecified atom stereocenters. The van der Waals surface area contributed by atoms with Gasteiger partial charge in [-0.15, -0.1) is 0 Å². The van der Waals surface area contributed by atoms with Crippen molar-refractivity contribution < 1.29 is 32.0 Å². The number of nitrogens with zero attached hydrogens (tertiary/aromatic N) is 3. The fraction of sp³-hybridized carbons (Fsp3) is 0.0909. The molecule has 36 heavy (non-hydrogen) atoms. The van der Waals surface area contributed by atoms with E-state index in [1.54, 1.807) is 6.92 Å². The Morgan fingerprint density at radius 2 is 1.75 bits per heavy atom. The Hall–Kier alpha value is -4.85. The lowest BCUT2D eigenvalue weighted by molar-refractivity contribution is -0.385. The maximum Gasteiger partial charge on any atom is 0.339 e. The average molecular weight is 514 g/mol. The number of carbonyl (C=O) groups is 1. The summed E-state index contributed by atoms with van der Waals surface area (Å²) in [6, 6.07) is 13.9. The Morgan fingerprint density at radius 3 is 2.44 bits per heavy atom. The number of amides is 1. The number of nitrogens with one attached hydrogen (secondary N) is 1. The van der Waals surface area contributed by atoms with Gasteiger partial charge in [-0.3, -0.25) is 25.0 Å². The summed E-state index contributed by atoms with van der Waals surface area (Å²) in [5.41, 5.74) is 1.59. The van der Waals surface area contributed by atoms with Gasteiger partial charge in [-0.2, -0.15) is 13.5 Å². The van der Waals surface area contributed by atoms with E-state index in [0.717, 1.165) is 18.2 Å². The molecule has 0 aliphatic rings. The molecule has 1 amide bonds. The van der Waals surface area contributed by atoms with E-state index in [2.05, 4.69) is 10.5 Å². The molecule has 0 fully saturated rings. The van der Waals surface area contributed by atoms with Gasteiger partial charge in [-0.25, -0.2) is 5.43 Å². The monoisotopic (exact) mass is 514 g/mol. The number of para-hydroxylation sites is 1. The van der Waals surface area contributed by atoms with Gasteiger partial charge < -0.3 is 8.92 Å². The molecule has 0 saturated heterocycles. The van der Waals surface area contributed by atoms with Crippen molar-refractivity contribution in [1.82, 2.24) is 5.43 Å².